The summed E-state index contributed by atoms with van der Waals surface area (Å²) in [6.07, 6.45) is 3.68. The Bertz CT molecular complexity index is 920. The first-order valence-corrected chi connectivity index (χ1v) is 9.58. The van der Waals surface area contributed by atoms with Crippen molar-refractivity contribution in [1.29, 1.82) is 0 Å². The topological polar surface area (TPSA) is 81.7 Å². The Hall–Kier alpha value is -2.68. The minimum Gasteiger partial charge on any atom is -0.343 e. The molecule has 1 atom stereocenters. The number of likely N-dealkylation sites (N-methyl/N-ethyl adjacent to an activating group) is 1. The summed E-state index contributed by atoms with van der Waals surface area (Å²) < 4.78 is 3.69. The zero-order chi connectivity index (χ0) is 19.4. The van der Waals surface area contributed by atoms with Gasteiger partial charge >= 0.3 is 0 Å². The molecule has 0 saturated heterocycles. The molecule has 27 heavy (non-hydrogen) atoms. The first-order chi connectivity index (χ1) is 13.0. The van der Waals surface area contributed by atoms with Crippen molar-refractivity contribution in [2.75, 3.05) is 13.6 Å². The average molecular weight is 385 g/mol. The van der Waals surface area contributed by atoms with Crippen LogP contribution in [0.1, 0.15) is 18.3 Å². The minimum absolute atomic E-state index is 0.0385. The molecule has 0 saturated carbocycles. The van der Waals surface area contributed by atoms with Crippen LogP contribution in [0.25, 0.3) is 5.69 Å². The number of amides is 1. The molecule has 0 unspecified atom stereocenters. The lowest BCUT2D eigenvalue weighted by Gasteiger charge is -2.21. The molecule has 3 aromatic rings. The summed E-state index contributed by atoms with van der Waals surface area (Å²) in [4.78, 5) is 18.7. The van der Waals surface area contributed by atoms with Crippen molar-refractivity contribution >= 4 is 17.7 Å². The molecular formula is C18H23N7OS. The van der Waals surface area contributed by atoms with Crippen molar-refractivity contribution in [3.8, 4) is 5.69 Å². The maximum absolute atomic E-state index is 12.7. The van der Waals surface area contributed by atoms with Gasteiger partial charge in [0.15, 0.2) is 0 Å². The fraction of sp³-hybridized carbons (Fsp3) is 0.389. The summed E-state index contributed by atoms with van der Waals surface area (Å²) in [7, 11) is 1.81. The molecule has 2 aromatic heterocycles. The van der Waals surface area contributed by atoms with Crippen LogP contribution in [0.15, 0.2) is 41.8 Å². The summed E-state index contributed by atoms with van der Waals surface area (Å²) in [5, 5.41) is 12.2. The molecule has 0 bridgehead atoms. The molecule has 3 rings (SSSR count). The number of aryl methyl sites for hydroxylation is 2. The summed E-state index contributed by atoms with van der Waals surface area (Å²) in [5.41, 5.74) is 2.00. The minimum atomic E-state index is -0.298. The third-order valence-electron chi connectivity index (χ3n) is 4.29. The first-order valence-electron chi connectivity index (χ1n) is 8.70. The van der Waals surface area contributed by atoms with Crippen molar-refractivity contribution in [3.63, 3.8) is 0 Å². The van der Waals surface area contributed by atoms with Gasteiger partial charge in [-0.05, 0) is 48.9 Å². The Kier molecular flexibility index (Phi) is 5.90. The SMILES string of the molecule is Cc1cccc(-n2nnnc2S[C@H](C)C(=O)N(C)CCn2ccnc2C)c1. The quantitative estimate of drug-likeness (QED) is 0.580. The molecule has 8 nitrogen and oxygen atoms in total. The van der Waals surface area contributed by atoms with E-state index in [2.05, 4.69) is 20.5 Å². The Balaban J connectivity index is 1.63. The predicted octanol–water partition coefficient (Wildman–Crippen LogP) is 2.11. The number of nitrogens with zero attached hydrogens (tertiary/aromatic N) is 7. The van der Waals surface area contributed by atoms with Gasteiger partial charge in [0, 0.05) is 32.5 Å². The normalized spacial score (nSPS) is 12.1. The highest BCUT2D eigenvalue weighted by Gasteiger charge is 2.22. The predicted molar refractivity (Wildman–Crippen MR) is 104 cm³/mol. The van der Waals surface area contributed by atoms with Crippen molar-refractivity contribution in [2.24, 2.45) is 0 Å². The Labute approximate surface area is 162 Å². The van der Waals surface area contributed by atoms with E-state index in [-0.39, 0.29) is 11.2 Å². The van der Waals surface area contributed by atoms with E-state index in [9.17, 15) is 4.79 Å². The van der Waals surface area contributed by atoms with Crippen LogP contribution in [-0.2, 0) is 11.3 Å². The maximum Gasteiger partial charge on any atom is 0.235 e. The second-order valence-electron chi connectivity index (χ2n) is 6.40. The molecule has 0 aliphatic heterocycles. The highest BCUT2D eigenvalue weighted by atomic mass is 32.2. The van der Waals surface area contributed by atoms with E-state index in [4.69, 9.17) is 0 Å². The van der Waals surface area contributed by atoms with Gasteiger partial charge < -0.3 is 9.47 Å². The molecular weight excluding hydrogens is 362 g/mol. The molecule has 0 aliphatic carbocycles. The van der Waals surface area contributed by atoms with Gasteiger partial charge in [-0.2, -0.15) is 4.68 Å². The van der Waals surface area contributed by atoms with Gasteiger partial charge in [0.05, 0.1) is 10.9 Å². The molecule has 2 heterocycles. The van der Waals surface area contributed by atoms with Crippen molar-refractivity contribution in [1.82, 2.24) is 34.7 Å². The molecule has 142 valence electrons. The van der Waals surface area contributed by atoms with Gasteiger partial charge in [-0.3, -0.25) is 4.79 Å². The number of hydrogen-bond acceptors (Lipinski definition) is 6. The zero-order valence-electron chi connectivity index (χ0n) is 15.9. The number of tetrazole rings is 1. The monoisotopic (exact) mass is 385 g/mol. The molecule has 1 aromatic carbocycles. The van der Waals surface area contributed by atoms with Crippen LogP contribution in [0, 0.1) is 13.8 Å². The van der Waals surface area contributed by atoms with E-state index < -0.39 is 0 Å². The lowest BCUT2D eigenvalue weighted by atomic mass is 10.2. The summed E-state index contributed by atoms with van der Waals surface area (Å²) in [5.74, 6) is 0.979. The van der Waals surface area contributed by atoms with Crippen molar-refractivity contribution in [3.05, 3.63) is 48.0 Å². The molecule has 0 aliphatic rings. The second kappa shape index (κ2) is 8.34. The smallest absolute Gasteiger partial charge is 0.235 e. The van der Waals surface area contributed by atoms with Crippen LogP contribution in [0.3, 0.4) is 0 Å². The molecule has 0 fully saturated rings. The van der Waals surface area contributed by atoms with Crippen LogP contribution in [0.4, 0.5) is 0 Å². The van der Waals surface area contributed by atoms with E-state index in [0.29, 0.717) is 18.2 Å². The zero-order valence-corrected chi connectivity index (χ0v) is 16.7. The van der Waals surface area contributed by atoms with Crippen molar-refractivity contribution < 1.29 is 4.79 Å². The average Bonchev–Trinajstić information content (AvgIpc) is 3.27. The Morgan fingerprint density at radius 3 is 2.85 bits per heavy atom. The number of carbonyl (C=O) groups is 1. The van der Waals surface area contributed by atoms with Crippen LogP contribution < -0.4 is 0 Å². The number of hydrogen-bond donors (Lipinski definition) is 0. The van der Waals surface area contributed by atoms with Crippen LogP contribution in [0.2, 0.25) is 0 Å². The lowest BCUT2D eigenvalue weighted by molar-refractivity contribution is -0.129. The molecule has 0 spiro atoms. The second-order valence-corrected chi connectivity index (χ2v) is 7.71. The number of carbonyl (C=O) groups excluding carboxylic acids is 1. The standard InChI is InChI=1S/C18H23N7OS/c1-13-6-5-7-16(12-13)25-18(20-21-22-25)27-14(2)17(26)23(4)10-11-24-9-8-19-15(24)3/h5-9,12,14H,10-11H2,1-4H3/t14-/m1/s1. The number of benzene rings is 1. The van der Waals surface area contributed by atoms with Crippen molar-refractivity contribution in [2.45, 2.75) is 37.7 Å². The van der Waals surface area contributed by atoms with E-state index in [0.717, 1.165) is 17.1 Å². The van der Waals surface area contributed by atoms with Gasteiger partial charge in [-0.15, -0.1) is 5.10 Å². The van der Waals surface area contributed by atoms with Gasteiger partial charge in [-0.25, -0.2) is 4.98 Å². The van der Waals surface area contributed by atoms with E-state index >= 15 is 0 Å². The maximum atomic E-state index is 12.7. The highest BCUT2D eigenvalue weighted by molar-refractivity contribution is 8.00. The fourth-order valence-electron chi connectivity index (χ4n) is 2.70. The summed E-state index contributed by atoms with van der Waals surface area (Å²) >= 11 is 1.36. The molecule has 1 amide bonds. The van der Waals surface area contributed by atoms with E-state index in [1.165, 1.54) is 11.8 Å². The van der Waals surface area contributed by atoms with Gasteiger partial charge in [0.1, 0.15) is 5.82 Å². The number of rotatable bonds is 7. The van der Waals surface area contributed by atoms with Gasteiger partial charge in [-0.1, -0.05) is 23.9 Å². The van der Waals surface area contributed by atoms with Gasteiger partial charge in [0.2, 0.25) is 11.1 Å². The van der Waals surface area contributed by atoms with Crippen LogP contribution in [0.5, 0.6) is 0 Å². The van der Waals surface area contributed by atoms with Gasteiger partial charge in [0.25, 0.3) is 0 Å². The lowest BCUT2D eigenvalue weighted by Crippen LogP contribution is -2.35. The van der Waals surface area contributed by atoms with Crippen LogP contribution in [-0.4, -0.2) is 59.4 Å². The van der Waals surface area contributed by atoms with E-state index in [1.54, 1.807) is 15.8 Å². The Morgan fingerprint density at radius 1 is 1.33 bits per heavy atom. The molecule has 9 heteroatoms. The third kappa shape index (κ3) is 4.54. The van der Waals surface area contributed by atoms with E-state index in [1.807, 2.05) is 62.8 Å². The largest absolute Gasteiger partial charge is 0.343 e. The summed E-state index contributed by atoms with van der Waals surface area (Å²) in [6.45, 7) is 7.17. The summed E-state index contributed by atoms with van der Waals surface area (Å²) in [6, 6.07) is 7.93. The number of thioether (sulfide) groups is 1. The fourth-order valence-corrected chi connectivity index (χ4v) is 3.62. The highest BCUT2D eigenvalue weighted by Crippen LogP contribution is 2.24. The molecule has 0 N–H and O–H groups in total. The Morgan fingerprint density at radius 2 is 2.15 bits per heavy atom. The first kappa shape index (κ1) is 19.1. The molecule has 0 radical (unpaired) electrons. The number of imidazole rings is 1. The number of aromatic nitrogens is 6. The van der Waals surface area contributed by atoms with Crippen LogP contribution >= 0.6 is 11.8 Å². The third-order valence-corrected chi connectivity index (χ3v) is 5.31.